The molecular weight excluding hydrogens is 457 g/mol. The van der Waals surface area contributed by atoms with E-state index < -0.39 is 60.5 Å². The Morgan fingerprint density at radius 1 is 1.30 bits per heavy atom. The molecule has 1 heterocycles. The summed E-state index contributed by atoms with van der Waals surface area (Å²) in [5.74, 6) is -10.1. The fourth-order valence-corrected chi connectivity index (χ4v) is 4.07. The summed E-state index contributed by atoms with van der Waals surface area (Å²) in [6.45, 7) is -0.540. The van der Waals surface area contributed by atoms with Crippen LogP contribution < -0.4 is 11.1 Å². The second-order valence-corrected chi connectivity index (χ2v) is 8.67. The van der Waals surface area contributed by atoms with Gasteiger partial charge in [0.1, 0.15) is 11.3 Å². The maximum Gasteiger partial charge on any atom is 0.262 e. The first-order valence-electron chi connectivity index (χ1n) is 10.5. The maximum atomic E-state index is 15.2. The van der Waals surface area contributed by atoms with Crippen LogP contribution in [0.3, 0.4) is 0 Å². The maximum absolute atomic E-state index is 15.2. The first kappa shape index (κ1) is 25.3. The van der Waals surface area contributed by atoms with Gasteiger partial charge < -0.3 is 16.0 Å². The van der Waals surface area contributed by atoms with Gasteiger partial charge in [0, 0.05) is 31.7 Å². The van der Waals surface area contributed by atoms with Gasteiger partial charge in [-0.1, -0.05) is 6.07 Å². The zero-order chi connectivity index (χ0) is 24.6. The molecule has 1 saturated carbocycles. The third-order valence-electron chi connectivity index (χ3n) is 5.91. The molecule has 1 amide bonds. The van der Waals surface area contributed by atoms with Gasteiger partial charge in [-0.05, 0) is 24.8 Å². The number of aromatic nitrogens is 2. The van der Waals surface area contributed by atoms with E-state index in [2.05, 4.69) is 9.97 Å². The zero-order valence-corrected chi connectivity index (χ0v) is 17.8. The molecule has 1 aromatic carbocycles. The molecule has 184 valence electrons. The summed E-state index contributed by atoms with van der Waals surface area (Å²) < 4.78 is 94.4. The number of alkyl halides is 6. The molecule has 0 spiro atoms. The van der Waals surface area contributed by atoms with Crippen LogP contribution in [0.5, 0.6) is 0 Å². The van der Waals surface area contributed by atoms with Crippen LogP contribution in [-0.4, -0.2) is 40.7 Å². The summed E-state index contributed by atoms with van der Waals surface area (Å²) in [4.78, 5) is 19.3. The standard InChI is InChI=1S/C21H25F7N4O/c1-20(25,26)9-30-19(33)12(8-14(22)23)11-2-3-13-17(15(11)24)32-18(31-13)16(29)10-4-6-21(27,28)7-5-10/h2-3,10,12,14,16H,4-9,29H2,1H3,(H,30,33)(H,31,32)/t12-,16-/m0/s1. The van der Waals surface area contributed by atoms with Crippen LogP contribution in [-0.2, 0) is 4.79 Å². The zero-order valence-electron chi connectivity index (χ0n) is 17.8. The minimum atomic E-state index is -3.27. The lowest BCUT2D eigenvalue weighted by atomic mass is 9.82. The van der Waals surface area contributed by atoms with Gasteiger partial charge in [0.2, 0.25) is 18.3 Å². The van der Waals surface area contributed by atoms with Crippen LogP contribution in [0.2, 0.25) is 0 Å². The minimum absolute atomic E-state index is 0.150. The Labute approximate surface area is 185 Å². The first-order valence-corrected chi connectivity index (χ1v) is 10.5. The number of amides is 1. The van der Waals surface area contributed by atoms with Crippen molar-refractivity contribution in [3.05, 3.63) is 29.3 Å². The molecule has 0 saturated heterocycles. The third-order valence-corrected chi connectivity index (χ3v) is 5.91. The second-order valence-electron chi connectivity index (χ2n) is 8.67. The predicted octanol–water partition coefficient (Wildman–Crippen LogP) is 5.04. The number of fused-ring (bicyclic) bond motifs is 1. The number of rotatable bonds is 8. The van der Waals surface area contributed by atoms with Gasteiger partial charge in [0.25, 0.3) is 5.92 Å². The number of halogens is 7. The topological polar surface area (TPSA) is 83.8 Å². The summed E-state index contributed by atoms with van der Waals surface area (Å²) in [5, 5.41) is 1.88. The molecule has 0 bridgehead atoms. The highest BCUT2D eigenvalue weighted by Crippen LogP contribution is 2.40. The van der Waals surface area contributed by atoms with Gasteiger partial charge in [0.05, 0.1) is 24.0 Å². The van der Waals surface area contributed by atoms with Crippen molar-refractivity contribution < 1.29 is 35.5 Å². The molecule has 5 nitrogen and oxygen atoms in total. The highest BCUT2D eigenvalue weighted by Gasteiger charge is 2.38. The first-order chi connectivity index (χ1) is 15.3. The molecule has 0 unspecified atom stereocenters. The average Bonchev–Trinajstić information content (AvgIpc) is 3.15. The van der Waals surface area contributed by atoms with Crippen molar-refractivity contribution in [3.63, 3.8) is 0 Å². The smallest absolute Gasteiger partial charge is 0.262 e. The van der Waals surface area contributed by atoms with E-state index in [1.54, 1.807) is 0 Å². The third kappa shape index (κ3) is 6.15. The molecule has 1 fully saturated rings. The SMILES string of the molecule is CC(F)(F)CNC(=O)[C@@H](CC(F)F)c1ccc2[nH]c([C@@H](N)C3CCC(F)(F)CC3)nc2c1F. The van der Waals surface area contributed by atoms with E-state index in [0.717, 1.165) is 6.07 Å². The van der Waals surface area contributed by atoms with Crippen LogP contribution in [0.4, 0.5) is 30.7 Å². The number of carbonyl (C=O) groups is 1. The summed E-state index contributed by atoms with van der Waals surface area (Å²) >= 11 is 0. The van der Waals surface area contributed by atoms with E-state index >= 15 is 4.39 Å². The summed E-state index contributed by atoms with van der Waals surface area (Å²) in [6, 6.07) is 1.66. The molecule has 12 heteroatoms. The Balaban J connectivity index is 1.87. The fourth-order valence-electron chi connectivity index (χ4n) is 4.07. The quantitative estimate of drug-likeness (QED) is 0.461. The lowest BCUT2D eigenvalue weighted by Crippen LogP contribution is -2.38. The van der Waals surface area contributed by atoms with Gasteiger partial charge in [-0.3, -0.25) is 4.79 Å². The predicted molar refractivity (Wildman–Crippen MR) is 107 cm³/mol. The number of carbonyl (C=O) groups excluding carboxylic acids is 1. The summed E-state index contributed by atoms with van der Waals surface area (Å²) in [6.07, 6.45) is -4.37. The van der Waals surface area contributed by atoms with Crippen molar-refractivity contribution in [2.24, 2.45) is 11.7 Å². The Morgan fingerprint density at radius 2 is 1.94 bits per heavy atom. The van der Waals surface area contributed by atoms with Crippen molar-refractivity contribution in [2.45, 2.75) is 69.3 Å². The number of aromatic amines is 1. The van der Waals surface area contributed by atoms with E-state index in [0.29, 0.717) is 6.92 Å². The molecule has 33 heavy (non-hydrogen) atoms. The normalized spacial score (nSPS) is 19.1. The monoisotopic (exact) mass is 482 g/mol. The van der Waals surface area contributed by atoms with E-state index in [1.807, 2.05) is 5.32 Å². The molecule has 1 aliphatic carbocycles. The van der Waals surface area contributed by atoms with Gasteiger partial charge in [-0.15, -0.1) is 0 Å². The average molecular weight is 482 g/mol. The van der Waals surface area contributed by atoms with E-state index in [1.165, 1.54) is 6.07 Å². The van der Waals surface area contributed by atoms with Crippen molar-refractivity contribution in [1.29, 1.82) is 0 Å². The van der Waals surface area contributed by atoms with E-state index in [4.69, 9.17) is 5.73 Å². The Hall–Kier alpha value is -2.37. The number of benzene rings is 1. The summed E-state index contributed by atoms with van der Waals surface area (Å²) in [5.41, 5.74) is 5.68. The molecule has 1 aliphatic rings. The number of nitrogens with zero attached hydrogens (tertiary/aromatic N) is 1. The van der Waals surface area contributed by atoms with Gasteiger partial charge in [0.15, 0.2) is 5.82 Å². The number of hydrogen-bond acceptors (Lipinski definition) is 3. The largest absolute Gasteiger partial charge is 0.350 e. The van der Waals surface area contributed by atoms with Crippen molar-refractivity contribution in [2.75, 3.05) is 6.54 Å². The van der Waals surface area contributed by atoms with Crippen LogP contribution in [0.15, 0.2) is 12.1 Å². The second kappa shape index (κ2) is 9.47. The number of H-pyrrole nitrogens is 1. The number of imidazole rings is 1. The minimum Gasteiger partial charge on any atom is -0.350 e. The Kier molecular flexibility index (Phi) is 7.25. The summed E-state index contributed by atoms with van der Waals surface area (Å²) in [7, 11) is 0. The van der Waals surface area contributed by atoms with Gasteiger partial charge in [-0.25, -0.2) is 35.7 Å². The molecule has 3 rings (SSSR count). The van der Waals surface area contributed by atoms with E-state index in [9.17, 15) is 31.1 Å². The van der Waals surface area contributed by atoms with Crippen molar-refractivity contribution in [1.82, 2.24) is 15.3 Å². The van der Waals surface area contributed by atoms with Crippen LogP contribution >= 0.6 is 0 Å². The van der Waals surface area contributed by atoms with Crippen LogP contribution in [0.1, 0.15) is 62.4 Å². The van der Waals surface area contributed by atoms with Gasteiger partial charge in [-0.2, -0.15) is 0 Å². The highest BCUT2D eigenvalue weighted by molar-refractivity contribution is 5.86. The molecule has 2 aromatic rings. The number of nitrogens with two attached hydrogens (primary N) is 1. The highest BCUT2D eigenvalue weighted by atomic mass is 19.3. The Bertz CT molecular complexity index is 979. The molecule has 0 aliphatic heterocycles. The Morgan fingerprint density at radius 3 is 2.52 bits per heavy atom. The molecular formula is C21H25F7N4O. The molecule has 1 aromatic heterocycles. The van der Waals surface area contributed by atoms with E-state index in [-0.39, 0.29) is 48.5 Å². The lowest BCUT2D eigenvalue weighted by molar-refractivity contribution is -0.125. The van der Waals surface area contributed by atoms with Crippen LogP contribution in [0.25, 0.3) is 11.0 Å². The molecule has 0 radical (unpaired) electrons. The molecule has 4 N–H and O–H groups in total. The van der Waals surface area contributed by atoms with Crippen LogP contribution in [0, 0.1) is 11.7 Å². The van der Waals surface area contributed by atoms with Crippen molar-refractivity contribution in [3.8, 4) is 0 Å². The lowest BCUT2D eigenvalue weighted by Gasteiger charge is -2.31. The molecule has 2 atom stereocenters. The van der Waals surface area contributed by atoms with Crippen molar-refractivity contribution >= 4 is 16.9 Å². The number of hydrogen-bond donors (Lipinski definition) is 3. The fraction of sp³-hybridized carbons (Fsp3) is 0.619. The number of nitrogens with one attached hydrogen (secondary N) is 2. The van der Waals surface area contributed by atoms with Gasteiger partial charge >= 0.3 is 0 Å².